The van der Waals surface area contributed by atoms with Crippen LogP contribution in [0.2, 0.25) is 0 Å². The van der Waals surface area contributed by atoms with Crippen molar-refractivity contribution in [2.75, 3.05) is 0 Å². The van der Waals surface area contributed by atoms with Crippen molar-refractivity contribution in [2.24, 2.45) is 5.73 Å². The van der Waals surface area contributed by atoms with Crippen LogP contribution in [-0.4, -0.2) is 11.9 Å². The Hall–Kier alpha value is -2.14. The van der Waals surface area contributed by atoms with Gasteiger partial charge in [-0.05, 0) is 37.5 Å². The number of hydrogen-bond donors (Lipinski definition) is 1. The molecule has 2 aromatic rings. The van der Waals surface area contributed by atoms with Gasteiger partial charge in [-0.3, -0.25) is 4.79 Å². The zero-order chi connectivity index (χ0) is 15.7. The molecule has 1 heterocycles. The highest BCUT2D eigenvalue weighted by molar-refractivity contribution is 7.13. The van der Waals surface area contributed by atoms with Crippen molar-refractivity contribution in [3.05, 3.63) is 57.3 Å². The monoisotopic (exact) mass is 315 g/mol. The summed E-state index contributed by atoms with van der Waals surface area (Å²) in [5, 5.41) is 0. The molecule has 0 saturated carbocycles. The van der Waals surface area contributed by atoms with Crippen LogP contribution in [0.25, 0.3) is 0 Å². The summed E-state index contributed by atoms with van der Waals surface area (Å²) in [6.07, 6.45) is 2.05. The number of aryl methyl sites for hydroxylation is 2. The normalized spacial score (nSPS) is 20.2. The van der Waals surface area contributed by atoms with Gasteiger partial charge in [-0.15, -0.1) is 11.3 Å². The maximum Gasteiger partial charge on any atom is 0.349 e. The zero-order valence-corrected chi connectivity index (χ0v) is 13.1. The summed E-state index contributed by atoms with van der Waals surface area (Å²) in [4.78, 5) is 26.1. The molecule has 22 heavy (non-hydrogen) atoms. The van der Waals surface area contributed by atoms with Gasteiger partial charge in [0.05, 0.1) is 0 Å². The number of primary amides is 1. The van der Waals surface area contributed by atoms with Crippen molar-refractivity contribution in [2.45, 2.75) is 31.8 Å². The maximum atomic E-state index is 12.4. The van der Waals surface area contributed by atoms with Gasteiger partial charge in [0.15, 0.2) is 0 Å². The summed E-state index contributed by atoms with van der Waals surface area (Å²) < 4.78 is 5.66. The van der Waals surface area contributed by atoms with E-state index in [4.69, 9.17) is 10.5 Å². The van der Waals surface area contributed by atoms with Crippen LogP contribution in [0.5, 0.6) is 0 Å². The number of amides is 1. The van der Waals surface area contributed by atoms with Crippen molar-refractivity contribution >= 4 is 23.2 Å². The van der Waals surface area contributed by atoms with E-state index in [1.807, 2.05) is 37.3 Å². The number of esters is 1. The number of benzene rings is 1. The minimum Gasteiger partial charge on any atom is -0.440 e. The van der Waals surface area contributed by atoms with Gasteiger partial charge < -0.3 is 10.5 Å². The lowest BCUT2D eigenvalue weighted by Gasteiger charge is -2.35. The standard InChI is InChI=1S/C17H17NO3S/c1-11-8-9-14(22-11)15(19)21-17(16(18)20)10-4-6-12-5-2-3-7-13(12)17/h2-3,5,7-9H,4,6,10H2,1H3,(H2,18,20). The first-order chi connectivity index (χ1) is 10.5. The Bertz CT molecular complexity index is 737. The third-order valence-electron chi connectivity index (χ3n) is 4.03. The van der Waals surface area contributed by atoms with Crippen LogP contribution >= 0.6 is 11.3 Å². The van der Waals surface area contributed by atoms with Crippen LogP contribution < -0.4 is 5.73 Å². The van der Waals surface area contributed by atoms with E-state index in [1.165, 1.54) is 11.3 Å². The van der Waals surface area contributed by atoms with Gasteiger partial charge in [0, 0.05) is 16.9 Å². The lowest BCUT2D eigenvalue weighted by molar-refractivity contribution is -0.140. The van der Waals surface area contributed by atoms with Crippen molar-refractivity contribution in [3.8, 4) is 0 Å². The first-order valence-corrected chi connectivity index (χ1v) is 8.03. The number of rotatable bonds is 3. The summed E-state index contributed by atoms with van der Waals surface area (Å²) >= 11 is 1.35. The summed E-state index contributed by atoms with van der Waals surface area (Å²) in [6.45, 7) is 1.92. The highest BCUT2D eigenvalue weighted by Crippen LogP contribution is 2.39. The van der Waals surface area contributed by atoms with Crippen LogP contribution in [0.3, 0.4) is 0 Å². The molecule has 0 spiro atoms. The van der Waals surface area contributed by atoms with Crippen LogP contribution in [0.1, 0.15) is 38.5 Å². The van der Waals surface area contributed by atoms with E-state index in [0.717, 1.165) is 28.8 Å². The van der Waals surface area contributed by atoms with E-state index < -0.39 is 17.5 Å². The van der Waals surface area contributed by atoms with Crippen LogP contribution in [0, 0.1) is 6.92 Å². The molecule has 1 aliphatic carbocycles. The molecule has 0 radical (unpaired) electrons. The number of fused-ring (bicyclic) bond motifs is 1. The molecule has 0 saturated heterocycles. The number of nitrogens with two attached hydrogens (primary N) is 1. The molecule has 1 aliphatic rings. The summed E-state index contributed by atoms with van der Waals surface area (Å²) in [5.41, 5.74) is 6.01. The summed E-state index contributed by atoms with van der Waals surface area (Å²) in [5.74, 6) is -1.10. The Morgan fingerprint density at radius 1 is 1.23 bits per heavy atom. The second-order valence-corrected chi connectivity index (χ2v) is 6.79. The molecule has 2 N–H and O–H groups in total. The van der Waals surface area contributed by atoms with Gasteiger partial charge in [-0.1, -0.05) is 24.3 Å². The molecule has 0 bridgehead atoms. The fourth-order valence-corrected chi connectivity index (χ4v) is 3.70. The van der Waals surface area contributed by atoms with Crippen LogP contribution in [0.4, 0.5) is 0 Å². The molecular weight excluding hydrogens is 298 g/mol. The number of ether oxygens (including phenoxy) is 1. The topological polar surface area (TPSA) is 69.4 Å². The molecule has 0 aliphatic heterocycles. The molecule has 3 rings (SSSR count). The first kappa shape index (κ1) is 14.8. The SMILES string of the molecule is Cc1ccc(C(=O)OC2(C(N)=O)CCCc3ccccc32)s1. The number of hydrogen-bond acceptors (Lipinski definition) is 4. The second-order valence-electron chi connectivity index (χ2n) is 5.50. The van der Waals surface area contributed by atoms with Gasteiger partial charge >= 0.3 is 5.97 Å². The number of carbonyl (C=O) groups is 2. The number of carbonyl (C=O) groups excluding carboxylic acids is 2. The zero-order valence-electron chi connectivity index (χ0n) is 12.3. The molecule has 1 amide bonds. The lowest BCUT2D eigenvalue weighted by atomic mass is 9.78. The van der Waals surface area contributed by atoms with Gasteiger partial charge in [0.1, 0.15) is 4.88 Å². The Kier molecular flexibility index (Phi) is 3.74. The van der Waals surface area contributed by atoms with Crippen LogP contribution in [-0.2, 0) is 21.6 Å². The quantitative estimate of drug-likeness (QED) is 0.885. The van der Waals surface area contributed by atoms with Gasteiger partial charge in [-0.2, -0.15) is 0 Å². The molecule has 1 atom stereocenters. The Labute approximate surface area is 132 Å². The van der Waals surface area contributed by atoms with E-state index in [2.05, 4.69) is 0 Å². The molecule has 1 aromatic carbocycles. The van der Waals surface area contributed by atoms with Crippen LogP contribution in [0.15, 0.2) is 36.4 Å². The highest BCUT2D eigenvalue weighted by atomic mass is 32.1. The average Bonchev–Trinajstić information content (AvgIpc) is 2.94. The highest BCUT2D eigenvalue weighted by Gasteiger charge is 2.46. The smallest absolute Gasteiger partial charge is 0.349 e. The lowest BCUT2D eigenvalue weighted by Crippen LogP contribution is -2.47. The minimum atomic E-state index is -1.36. The predicted molar refractivity (Wildman–Crippen MR) is 84.7 cm³/mol. The van der Waals surface area contributed by atoms with Crippen molar-refractivity contribution in [3.63, 3.8) is 0 Å². The van der Waals surface area contributed by atoms with Gasteiger partial charge in [0.25, 0.3) is 5.91 Å². The first-order valence-electron chi connectivity index (χ1n) is 7.21. The fraction of sp³-hybridized carbons (Fsp3) is 0.294. The average molecular weight is 315 g/mol. The Morgan fingerprint density at radius 3 is 2.68 bits per heavy atom. The van der Waals surface area contributed by atoms with Crippen molar-refractivity contribution < 1.29 is 14.3 Å². The summed E-state index contributed by atoms with van der Waals surface area (Å²) in [6, 6.07) is 11.1. The van der Waals surface area contributed by atoms with Crippen molar-refractivity contribution in [1.29, 1.82) is 0 Å². The predicted octanol–water partition coefficient (Wildman–Crippen LogP) is 2.93. The minimum absolute atomic E-state index is 0.426. The molecule has 4 nitrogen and oxygen atoms in total. The van der Waals surface area contributed by atoms with Crippen molar-refractivity contribution in [1.82, 2.24) is 0 Å². The molecule has 0 fully saturated rings. The third-order valence-corrected chi connectivity index (χ3v) is 5.01. The van der Waals surface area contributed by atoms with Gasteiger partial charge in [0.2, 0.25) is 5.60 Å². The molecule has 1 aromatic heterocycles. The molecule has 1 unspecified atom stereocenters. The molecule has 5 heteroatoms. The fourth-order valence-electron chi connectivity index (χ4n) is 2.96. The van der Waals surface area contributed by atoms with E-state index >= 15 is 0 Å². The Morgan fingerprint density at radius 2 is 2.00 bits per heavy atom. The Balaban J connectivity index is 2.00. The third kappa shape index (κ3) is 2.41. The molecular formula is C17H17NO3S. The maximum absolute atomic E-state index is 12.4. The van der Waals surface area contributed by atoms with E-state index in [-0.39, 0.29) is 0 Å². The van der Waals surface area contributed by atoms with E-state index in [0.29, 0.717) is 11.3 Å². The van der Waals surface area contributed by atoms with Gasteiger partial charge in [-0.25, -0.2) is 4.79 Å². The van der Waals surface area contributed by atoms with E-state index in [1.54, 1.807) is 6.07 Å². The second kappa shape index (κ2) is 5.57. The molecule has 114 valence electrons. The summed E-state index contributed by atoms with van der Waals surface area (Å²) in [7, 11) is 0. The van der Waals surface area contributed by atoms with E-state index in [9.17, 15) is 9.59 Å². The largest absolute Gasteiger partial charge is 0.440 e. The number of thiophene rings is 1.